The van der Waals surface area contributed by atoms with Crippen LogP contribution >= 0.6 is 11.8 Å². The maximum Gasteiger partial charge on any atom is 0.240 e. The van der Waals surface area contributed by atoms with Gasteiger partial charge in [0.25, 0.3) is 0 Å². The van der Waals surface area contributed by atoms with Gasteiger partial charge in [-0.1, -0.05) is 6.07 Å². The molecule has 2 N–H and O–H groups in total. The number of carbonyl (C=O) groups is 1. The number of hydrogen-bond donors (Lipinski definition) is 2. The molecule has 0 radical (unpaired) electrons. The van der Waals surface area contributed by atoms with E-state index in [0.29, 0.717) is 0 Å². The molecule has 0 spiro atoms. The van der Waals surface area contributed by atoms with Crippen molar-refractivity contribution >= 4 is 23.4 Å². The SMILES string of the molecule is CNCCc1ccc2c(c1)SC(C)(C)C(=O)N2. The third kappa shape index (κ3) is 2.64. The third-order valence-corrected chi connectivity index (χ3v) is 4.12. The molecule has 92 valence electrons. The molecule has 1 aromatic rings. The lowest BCUT2D eigenvalue weighted by molar-refractivity contribution is -0.117. The summed E-state index contributed by atoms with van der Waals surface area (Å²) in [6.07, 6.45) is 1.01. The minimum atomic E-state index is -0.380. The van der Waals surface area contributed by atoms with Crippen LogP contribution in [0.1, 0.15) is 19.4 Å². The van der Waals surface area contributed by atoms with Crippen molar-refractivity contribution in [2.24, 2.45) is 0 Å². The van der Waals surface area contributed by atoms with Crippen LogP contribution in [-0.4, -0.2) is 24.2 Å². The maximum atomic E-state index is 11.8. The average Bonchev–Trinajstić information content (AvgIpc) is 2.27. The molecule has 1 aliphatic rings. The summed E-state index contributed by atoms with van der Waals surface area (Å²) < 4.78 is -0.380. The highest BCUT2D eigenvalue weighted by Crippen LogP contribution is 2.42. The molecule has 3 nitrogen and oxygen atoms in total. The van der Waals surface area contributed by atoms with Crippen molar-refractivity contribution in [3.63, 3.8) is 0 Å². The Labute approximate surface area is 106 Å². The van der Waals surface area contributed by atoms with Crippen molar-refractivity contribution in [1.82, 2.24) is 5.32 Å². The lowest BCUT2D eigenvalue weighted by Gasteiger charge is -2.30. The summed E-state index contributed by atoms with van der Waals surface area (Å²) in [5.74, 6) is 0.0815. The smallest absolute Gasteiger partial charge is 0.240 e. The van der Waals surface area contributed by atoms with Crippen molar-refractivity contribution in [3.05, 3.63) is 23.8 Å². The zero-order valence-electron chi connectivity index (χ0n) is 10.5. The highest BCUT2D eigenvalue weighted by Gasteiger charge is 2.34. The first-order valence-electron chi connectivity index (χ1n) is 5.81. The fraction of sp³-hybridized carbons (Fsp3) is 0.462. The monoisotopic (exact) mass is 250 g/mol. The van der Waals surface area contributed by atoms with Crippen LogP contribution in [0.5, 0.6) is 0 Å². The molecule has 0 aliphatic carbocycles. The first kappa shape index (κ1) is 12.5. The van der Waals surface area contributed by atoms with Gasteiger partial charge >= 0.3 is 0 Å². The van der Waals surface area contributed by atoms with Gasteiger partial charge in [0.05, 0.1) is 10.4 Å². The molecular formula is C13H18N2OS. The molecule has 1 heterocycles. The summed E-state index contributed by atoms with van der Waals surface area (Å²) in [5, 5.41) is 6.10. The molecule has 1 aliphatic heterocycles. The zero-order valence-corrected chi connectivity index (χ0v) is 11.3. The Hall–Kier alpha value is -1.00. The molecule has 1 aromatic carbocycles. The molecule has 1 amide bonds. The van der Waals surface area contributed by atoms with E-state index in [1.165, 1.54) is 10.5 Å². The molecule has 17 heavy (non-hydrogen) atoms. The Morgan fingerprint density at radius 3 is 2.88 bits per heavy atom. The van der Waals surface area contributed by atoms with Crippen LogP contribution in [0.25, 0.3) is 0 Å². The predicted molar refractivity (Wildman–Crippen MR) is 72.6 cm³/mol. The average molecular weight is 250 g/mol. The number of benzene rings is 1. The van der Waals surface area contributed by atoms with E-state index in [2.05, 4.69) is 22.8 Å². The fourth-order valence-corrected chi connectivity index (χ4v) is 2.91. The summed E-state index contributed by atoms with van der Waals surface area (Å²) in [5.41, 5.74) is 2.24. The van der Waals surface area contributed by atoms with Crippen molar-refractivity contribution in [3.8, 4) is 0 Å². The molecular weight excluding hydrogens is 232 g/mol. The van der Waals surface area contributed by atoms with E-state index < -0.39 is 0 Å². The largest absolute Gasteiger partial charge is 0.324 e. The highest BCUT2D eigenvalue weighted by molar-refractivity contribution is 8.01. The Balaban J connectivity index is 2.24. The Bertz CT molecular complexity index is 443. The minimum absolute atomic E-state index is 0.0815. The lowest BCUT2D eigenvalue weighted by atomic mass is 10.1. The summed E-state index contributed by atoms with van der Waals surface area (Å²) in [6.45, 7) is 4.88. The number of rotatable bonds is 3. The summed E-state index contributed by atoms with van der Waals surface area (Å²) in [7, 11) is 1.95. The molecule has 0 fully saturated rings. The van der Waals surface area contributed by atoms with E-state index in [1.54, 1.807) is 11.8 Å². The van der Waals surface area contributed by atoms with Crippen LogP contribution in [0.4, 0.5) is 5.69 Å². The van der Waals surface area contributed by atoms with Gasteiger partial charge in [0.1, 0.15) is 0 Å². The molecule has 0 bridgehead atoms. The summed E-state index contributed by atoms with van der Waals surface area (Å²) in [4.78, 5) is 13.0. The van der Waals surface area contributed by atoms with Crippen molar-refractivity contribution in [2.45, 2.75) is 29.9 Å². The topological polar surface area (TPSA) is 41.1 Å². The third-order valence-electron chi connectivity index (χ3n) is 2.87. The second kappa shape index (κ2) is 4.70. The number of amides is 1. The Morgan fingerprint density at radius 2 is 2.18 bits per heavy atom. The maximum absolute atomic E-state index is 11.8. The van der Waals surface area contributed by atoms with Crippen LogP contribution in [0, 0.1) is 0 Å². The predicted octanol–water partition coefficient (Wildman–Crippen LogP) is 2.27. The van der Waals surface area contributed by atoms with E-state index in [4.69, 9.17) is 0 Å². The number of hydrogen-bond acceptors (Lipinski definition) is 3. The van der Waals surface area contributed by atoms with Crippen LogP contribution < -0.4 is 10.6 Å². The normalized spacial score (nSPS) is 17.5. The Morgan fingerprint density at radius 1 is 1.41 bits per heavy atom. The number of anilines is 1. The van der Waals surface area contributed by atoms with Gasteiger partial charge in [-0.05, 0) is 51.6 Å². The first-order chi connectivity index (χ1) is 8.03. The van der Waals surface area contributed by atoms with Crippen molar-refractivity contribution in [1.29, 1.82) is 0 Å². The zero-order chi connectivity index (χ0) is 12.5. The van der Waals surface area contributed by atoms with Crippen molar-refractivity contribution in [2.75, 3.05) is 18.9 Å². The van der Waals surface area contributed by atoms with Crippen LogP contribution in [0.2, 0.25) is 0 Å². The number of carbonyl (C=O) groups excluding carboxylic acids is 1. The van der Waals surface area contributed by atoms with Gasteiger partial charge in [-0.15, -0.1) is 11.8 Å². The summed E-state index contributed by atoms with van der Waals surface area (Å²) in [6, 6.07) is 6.26. The van der Waals surface area contributed by atoms with Gasteiger partial charge in [-0.25, -0.2) is 0 Å². The van der Waals surface area contributed by atoms with E-state index in [9.17, 15) is 4.79 Å². The van der Waals surface area contributed by atoms with Crippen LogP contribution in [-0.2, 0) is 11.2 Å². The van der Waals surface area contributed by atoms with Gasteiger partial charge in [0.2, 0.25) is 5.91 Å². The number of likely N-dealkylation sites (N-methyl/N-ethyl adjacent to an activating group) is 1. The number of nitrogens with one attached hydrogen (secondary N) is 2. The second-order valence-corrected chi connectivity index (χ2v) is 6.42. The standard InChI is InChI=1S/C13H18N2OS/c1-13(2)12(16)15-10-5-4-9(6-7-14-3)8-11(10)17-13/h4-5,8,14H,6-7H2,1-3H3,(H,15,16). The minimum Gasteiger partial charge on any atom is -0.324 e. The molecule has 0 atom stereocenters. The van der Waals surface area contributed by atoms with Gasteiger partial charge in [-0.3, -0.25) is 4.79 Å². The van der Waals surface area contributed by atoms with E-state index in [1.807, 2.05) is 27.0 Å². The Kier molecular flexibility index (Phi) is 3.45. The molecule has 0 saturated heterocycles. The first-order valence-corrected chi connectivity index (χ1v) is 6.62. The van der Waals surface area contributed by atoms with Gasteiger partial charge in [0, 0.05) is 4.90 Å². The fourth-order valence-electron chi connectivity index (χ4n) is 1.77. The van der Waals surface area contributed by atoms with Gasteiger partial charge in [-0.2, -0.15) is 0 Å². The molecule has 0 unspecified atom stereocenters. The van der Waals surface area contributed by atoms with Gasteiger partial charge < -0.3 is 10.6 Å². The van der Waals surface area contributed by atoms with E-state index in [0.717, 1.165) is 18.7 Å². The van der Waals surface area contributed by atoms with Crippen molar-refractivity contribution < 1.29 is 4.79 Å². The second-order valence-electron chi connectivity index (χ2n) is 4.75. The highest BCUT2D eigenvalue weighted by atomic mass is 32.2. The van der Waals surface area contributed by atoms with E-state index in [-0.39, 0.29) is 10.7 Å². The number of fused-ring (bicyclic) bond motifs is 1. The molecule has 0 saturated carbocycles. The lowest BCUT2D eigenvalue weighted by Crippen LogP contribution is -2.37. The van der Waals surface area contributed by atoms with Gasteiger partial charge in [0.15, 0.2) is 0 Å². The molecule has 4 heteroatoms. The summed E-state index contributed by atoms with van der Waals surface area (Å²) >= 11 is 1.64. The van der Waals surface area contributed by atoms with Crippen LogP contribution in [0.3, 0.4) is 0 Å². The number of thioether (sulfide) groups is 1. The quantitative estimate of drug-likeness (QED) is 0.864. The molecule has 2 rings (SSSR count). The molecule has 0 aromatic heterocycles. The van der Waals surface area contributed by atoms with Crippen LogP contribution in [0.15, 0.2) is 23.1 Å². The van der Waals surface area contributed by atoms with E-state index >= 15 is 0 Å².